The van der Waals surface area contributed by atoms with Gasteiger partial charge in [-0.15, -0.1) is 0 Å². The fraction of sp³-hybridized carbons (Fsp3) is 0.571. The van der Waals surface area contributed by atoms with Crippen LogP contribution in [0.5, 0.6) is 0 Å². The van der Waals surface area contributed by atoms with E-state index in [-0.39, 0.29) is 5.41 Å². The van der Waals surface area contributed by atoms with E-state index in [1.807, 2.05) is 18.2 Å². The molecule has 0 amide bonds. The van der Waals surface area contributed by atoms with Crippen molar-refractivity contribution in [1.29, 1.82) is 0 Å². The summed E-state index contributed by atoms with van der Waals surface area (Å²) >= 11 is 6.07. The van der Waals surface area contributed by atoms with Crippen molar-refractivity contribution in [3.8, 4) is 0 Å². The van der Waals surface area contributed by atoms with E-state index in [0.29, 0.717) is 12.6 Å². The summed E-state index contributed by atoms with van der Waals surface area (Å²) in [6.07, 6.45) is 0. The molecule has 0 aromatic heterocycles. The summed E-state index contributed by atoms with van der Waals surface area (Å²) in [5.41, 5.74) is 8.25. The third-order valence-corrected chi connectivity index (χ3v) is 3.72. The van der Waals surface area contributed by atoms with Gasteiger partial charge in [-0.25, -0.2) is 0 Å². The van der Waals surface area contributed by atoms with Gasteiger partial charge in [0.1, 0.15) is 0 Å². The summed E-state index contributed by atoms with van der Waals surface area (Å²) in [4.78, 5) is 2.26. The van der Waals surface area contributed by atoms with E-state index >= 15 is 0 Å². The van der Waals surface area contributed by atoms with Gasteiger partial charge in [0.05, 0.1) is 0 Å². The summed E-state index contributed by atoms with van der Waals surface area (Å²) in [5.74, 6) is 0. The van der Waals surface area contributed by atoms with E-state index in [2.05, 4.69) is 39.6 Å². The standard InChI is InChI=1S/C14H23ClN2/c1-10(14(2,3)4)17(5)13-8-12(15)7-6-11(13)9-16/h6-8,10H,9,16H2,1-5H3. The van der Waals surface area contributed by atoms with Gasteiger partial charge in [-0.05, 0) is 30.0 Å². The van der Waals surface area contributed by atoms with Crippen molar-refractivity contribution in [1.82, 2.24) is 0 Å². The van der Waals surface area contributed by atoms with Crippen molar-refractivity contribution in [2.75, 3.05) is 11.9 Å². The van der Waals surface area contributed by atoms with Gasteiger partial charge in [0.25, 0.3) is 0 Å². The Balaban J connectivity index is 3.10. The van der Waals surface area contributed by atoms with Gasteiger partial charge >= 0.3 is 0 Å². The zero-order chi connectivity index (χ0) is 13.2. The molecule has 0 fully saturated rings. The Morgan fingerprint density at radius 2 is 1.94 bits per heavy atom. The van der Waals surface area contributed by atoms with Crippen molar-refractivity contribution in [3.05, 3.63) is 28.8 Å². The molecule has 0 heterocycles. The molecule has 1 atom stereocenters. The molecule has 17 heavy (non-hydrogen) atoms. The predicted octanol–water partition coefficient (Wildman–Crippen LogP) is 3.67. The van der Waals surface area contributed by atoms with Crippen LogP contribution in [-0.2, 0) is 6.54 Å². The first-order valence-corrected chi connectivity index (χ1v) is 6.36. The maximum atomic E-state index is 6.07. The summed E-state index contributed by atoms with van der Waals surface area (Å²) in [6.45, 7) is 9.47. The van der Waals surface area contributed by atoms with Crippen LogP contribution in [0.3, 0.4) is 0 Å². The second-order valence-electron chi connectivity index (χ2n) is 5.63. The highest BCUT2D eigenvalue weighted by molar-refractivity contribution is 6.30. The lowest BCUT2D eigenvalue weighted by Crippen LogP contribution is -2.40. The molecule has 0 radical (unpaired) electrons. The van der Waals surface area contributed by atoms with Crippen LogP contribution in [0.25, 0.3) is 0 Å². The Labute approximate surface area is 110 Å². The average molecular weight is 255 g/mol. The van der Waals surface area contributed by atoms with Gasteiger partial charge < -0.3 is 10.6 Å². The van der Waals surface area contributed by atoms with Crippen molar-refractivity contribution in [3.63, 3.8) is 0 Å². The number of hydrogen-bond acceptors (Lipinski definition) is 2. The Bertz CT molecular complexity index is 382. The lowest BCUT2D eigenvalue weighted by atomic mass is 9.86. The van der Waals surface area contributed by atoms with Gasteiger partial charge in [-0.1, -0.05) is 38.4 Å². The SMILES string of the molecule is CC(N(C)c1cc(Cl)ccc1CN)C(C)(C)C. The van der Waals surface area contributed by atoms with Crippen LogP contribution in [-0.4, -0.2) is 13.1 Å². The number of nitrogens with two attached hydrogens (primary N) is 1. The van der Waals surface area contributed by atoms with Crippen LogP contribution in [0.4, 0.5) is 5.69 Å². The second kappa shape index (κ2) is 5.28. The first-order valence-electron chi connectivity index (χ1n) is 5.98. The summed E-state index contributed by atoms with van der Waals surface area (Å²) in [5, 5.41) is 0.755. The van der Waals surface area contributed by atoms with E-state index in [4.69, 9.17) is 17.3 Å². The molecule has 0 saturated carbocycles. The second-order valence-corrected chi connectivity index (χ2v) is 6.07. The Kier molecular flexibility index (Phi) is 4.45. The van der Waals surface area contributed by atoms with E-state index in [1.54, 1.807) is 0 Å². The van der Waals surface area contributed by atoms with Crippen LogP contribution in [0.1, 0.15) is 33.3 Å². The normalized spacial score (nSPS) is 13.6. The number of anilines is 1. The number of halogens is 1. The fourth-order valence-corrected chi connectivity index (χ4v) is 1.99. The molecule has 0 bridgehead atoms. The smallest absolute Gasteiger partial charge is 0.0426 e. The summed E-state index contributed by atoms with van der Waals surface area (Å²) in [7, 11) is 2.10. The lowest BCUT2D eigenvalue weighted by Gasteiger charge is -2.37. The van der Waals surface area contributed by atoms with Gasteiger partial charge in [0.2, 0.25) is 0 Å². The van der Waals surface area contributed by atoms with Gasteiger partial charge in [0.15, 0.2) is 0 Å². The zero-order valence-corrected chi connectivity index (χ0v) is 12.2. The minimum atomic E-state index is 0.211. The topological polar surface area (TPSA) is 29.3 Å². The van der Waals surface area contributed by atoms with Gasteiger partial charge in [-0.2, -0.15) is 0 Å². The van der Waals surface area contributed by atoms with E-state index in [9.17, 15) is 0 Å². The molecule has 96 valence electrons. The number of benzene rings is 1. The van der Waals surface area contributed by atoms with Crippen molar-refractivity contribution in [2.24, 2.45) is 11.1 Å². The average Bonchev–Trinajstić information content (AvgIpc) is 2.25. The van der Waals surface area contributed by atoms with Crippen molar-refractivity contribution in [2.45, 2.75) is 40.3 Å². The molecular formula is C14H23ClN2. The maximum Gasteiger partial charge on any atom is 0.0426 e. The zero-order valence-electron chi connectivity index (χ0n) is 11.4. The molecular weight excluding hydrogens is 232 g/mol. The molecule has 1 aromatic rings. The van der Waals surface area contributed by atoms with Gasteiger partial charge in [-0.3, -0.25) is 0 Å². The van der Waals surface area contributed by atoms with Gasteiger partial charge in [0, 0.05) is 30.3 Å². The number of rotatable bonds is 3. The first kappa shape index (κ1) is 14.3. The largest absolute Gasteiger partial charge is 0.371 e. The molecule has 3 heteroatoms. The van der Waals surface area contributed by atoms with E-state index in [1.165, 1.54) is 0 Å². The summed E-state index contributed by atoms with van der Waals surface area (Å²) in [6, 6.07) is 6.30. The molecule has 0 saturated heterocycles. The van der Waals surface area contributed by atoms with Crippen molar-refractivity contribution >= 4 is 17.3 Å². The first-order chi connectivity index (χ1) is 7.77. The van der Waals surface area contributed by atoms with Crippen LogP contribution in [0.2, 0.25) is 5.02 Å². The highest BCUT2D eigenvalue weighted by Gasteiger charge is 2.25. The van der Waals surface area contributed by atoms with Crippen LogP contribution in [0.15, 0.2) is 18.2 Å². The Morgan fingerprint density at radius 3 is 2.41 bits per heavy atom. The molecule has 1 unspecified atom stereocenters. The molecule has 0 aliphatic rings. The lowest BCUT2D eigenvalue weighted by molar-refractivity contribution is 0.329. The highest BCUT2D eigenvalue weighted by atomic mass is 35.5. The Hall–Kier alpha value is -0.730. The minimum absolute atomic E-state index is 0.211. The predicted molar refractivity (Wildman–Crippen MR) is 76.7 cm³/mol. The monoisotopic (exact) mass is 254 g/mol. The van der Waals surface area contributed by atoms with E-state index < -0.39 is 0 Å². The maximum absolute atomic E-state index is 6.07. The molecule has 1 rings (SSSR count). The Morgan fingerprint density at radius 1 is 1.35 bits per heavy atom. The number of hydrogen-bond donors (Lipinski definition) is 1. The van der Waals surface area contributed by atoms with Crippen LogP contribution < -0.4 is 10.6 Å². The van der Waals surface area contributed by atoms with Crippen molar-refractivity contribution < 1.29 is 0 Å². The molecule has 0 aliphatic heterocycles. The molecule has 1 aromatic carbocycles. The minimum Gasteiger partial charge on any atom is -0.371 e. The molecule has 2 nitrogen and oxygen atoms in total. The summed E-state index contributed by atoms with van der Waals surface area (Å²) < 4.78 is 0. The third kappa shape index (κ3) is 3.36. The highest BCUT2D eigenvalue weighted by Crippen LogP contribution is 2.31. The molecule has 0 aliphatic carbocycles. The number of nitrogens with zero attached hydrogens (tertiary/aromatic N) is 1. The molecule has 2 N–H and O–H groups in total. The quantitative estimate of drug-likeness (QED) is 0.892. The van der Waals surface area contributed by atoms with E-state index in [0.717, 1.165) is 16.3 Å². The van der Waals surface area contributed by atoms with Crippen LogP contribution >= 0.6 is 11.6 Å². The van der Waals surface area contributed by atoms with Crippen LogP contribution in [0, 0.1) is 5.41 Å². The molecule has 0 spiro atoms. The fourth-order valence-electron chi connectivity index (χ4n) is 1.83. The third-order valence-electron chi connectivity index (χ3n) is 3.48.